The van der Waals surface area contributed by atoms with Crippen LogP contribution in [0.4, 0.5) is 45.5 Å². The van der Waals surface area contributed by atoms with Crippen LogP contribution in [0.15, 0.2) is 145 Å². The second kappa shape index (κ2) is 17.4. The van der Waals surface area contributed by atoms with Gasteiger partial charge in [0, 0.05) is 28.2 Å². The Morgan fingerprint density at radius 3 is 1.67 bits per heavy atom. The van der Waals surface area contributed by atoms with E-state index in [1.165, 1.54) is 6.07 Å². The van der Waals surface area contributed by atoms with Gasteiger partial charge in [-0.15, -0.1) is 5.11 Å². The van der Waals surface area contributed by atoms with Crippen LogP contribution in [-0.2, 0) is 10.1 Å². The highest BCUT2D eigenvalue weighted by atomic mass is 32.2. The summed E-state index contributed by atoms with van der Waals surface area (Å²) >= 11 is 0. The molecule has 0 radical (unpaired) electrons. The Bertz CT molecular complexity index is 2970. The lowest BCUT2D eigenvalue weighted by atomic mass is 10.1. The molecule has 0 unspecified atom stereocenters. The summed E-state index contributed by atoms with van der Waals surface area (Å²) in [6, 6.07) is 32.6. The molecule has 0 amide bonds. The maximum atomic E-state index is 12.3. The number of rotatable bonds is 13. The van der Waals surface area contributed by atoms with Gasteiger partial charge in [0.05, 0.1) is 42.2 Å². The number of ether oxygens (including phenoxy) is 2. The van der Waals surface area contributed by atoms with Gasteiger partial charge in [-0.05, 0) is 158 Å². The van der Waals surface area contributed by atoms with Crippen molar-refractivity contribution in [3.8, 4) is 17.2 Å². The molecule has 0 aliphatic heterocycles. The minimum atomic E-state index is -4.53. The Morgan fingerprint density at radius 2 is 1.10 bits per heavy atom. The quantitative estimate of drug-likeness (QED) is 0.0764. The molecule has 0 bridgehead atoms. The largest absolute Gasteiger partial charge is 0.505 e. The third kappa shape index (κ3) is 9.30. The van der Waals surface area contributed by atoms with Crippen LogP contribution in [0.3, 0.4) is 0 Å². The molecule has 0 atom stereocenters. The van der Waals surface area contributed by atoms with E-state index in [0.717, 1.165) is 51.2 Å². The lowest BCUT2D eigenvalue weighted by Gasteiger charge is -2.10. The summed E-state index contributed by atoms with van der Waals surface area (Å²) in [7, 11) is -2.90. The number of phenols is 1. The lowest BCUT2D eigenvalue weighted by molar-refractivity contribution is 0.317. The molecular formula is C46H43N7O6S. The van der Waals surface area contributed by atoms with Crippen molar-refractivity contribution in [2.24, 2.45) is 30.7 Å². The zero-order valence-corrected chi connectivity index (χ0v) is 34.7. The second-order valence-electron chi connectivity index (χ2n) is 14.3. The molecule has 7 rings (SSSR count). The highest BCUT2D eigenvalue weighted by molar-refractivity contribution is 7.86. The first kappa shape index (κ1) is 41.1. The molecule has 0 heterocycles. The normalized spacial score (nSPS) is 12.1. The van der Waals surface area contributed by atoms with E-state index in [1.54, 1.807) is 37.4 Å². The van der Waals surface area contributed by atoms with Gasteiger partial charge in [0.15, 0.2) is 5.75 Å². The van der Waals surface area contributed by atoms with Crippen LogP contribution in [-0.4, -0.2) is 31.8 Å². The Labute approximate surface area is 347 Å². The zero-order valence-electron chi connectivity index (χ0n) is 33.9. The molecule has 0 spiro atoms. The zero-order chi connectivity index (χ0) is 42.6. The fourth-order valence-corrected chi connectivity index (χ4v) is 7.21. The lowest BCUT2D eigenvalue weighted by Crippen LogP contribution is -2.02. The first-order valence-corrected chi connectivity index (χ1v) is 20.6. The van der Waals surface area contributed by atoms with Crippen LogP contribution in [0.25, 0.3) is 21.5 Å². The van der Waals surface area contributed by atoms with Crippen molar-refractivity contribution in [1.29, 1.82) is 0 Å². The molecule has 0 saturated heterocycles. The highest BCUT2D eigenvalue weighted by Crippen LogP contribution is 2.39. The molecule has 7 aromatic carbocycles. The van der Waals surface area contributed by atoms with Crippen molar-refractivity contribution < 1.29 is 27.6 Å². The Balaban J connectivity index is 1.05. The number of anilines is 2. The van der Waals surface area contributed by atoms with E-state index >= 15 is 0 Å². The maximum Gasteiger partial charge on any atom is 0.295 e. The molecule has 60 heavy (non-hydrogen) atoms. The first-order chi connectivity index (χ1) is 28.8. The van der Waals surface area contributed by atoms with Gasteiger partial charge < -0.3 is 19.9 Å². The number of hydrogen-bond donors (Lipinski definition) is 3. The predicted molar refractivity (Wildman–Crippen MR) is 236 cm³/mol. The molecule has 304 valence electrons. The summed E-state index contributed by atoms with van der Waals surface area (Å²) in [6.07, 6.45) is 0.750. The Kier molecular flexibility index (Phi) is 12.0. The second-order valence-corrected chi connectivity index (χ2v) is 15.7. The van der Waals surface area contributed by atoms with Crippen molar-refractivity contribution in [2.45, 2.75) is 45.9 Å². The number of phenolic OH excluding ortho intramolecular Hbond substituents is 1. The highest BCUT2D eigenvalue weighted by Gasteiger charge is 2.17. The van der Waals surface area contributed by atoms with Crippen molar-refractivity contribution in [3.63, 3.8) is 0 Å². The summed E-state index contributed by atoms with van der Waals surface area (Å²) in [5, 5.41) is 43.7. The molecule has 3 N–H and O–H groups in total. The molecule has 14 heteroatoms. The minimum Gasteiger partial charge on any atom is -0.505 e. The topological polar surface area (TPSA) is 179 Å². The molecule has 0 aliphatic carbocycles. The van der Waals surface area contributed by atoms with Crippen LogP contribution in [0.2, 0.25) is 0 Å². The van der Waals surface area contributed by atoms with Gasteiger partial charge in [-0.2, -0.15) is 34.0 Å². The number of nitrogens with one attached hydrogen (secondary N) is 1. The van der Waals surface area contributed by atoms with E-state index in [9.17, 15) is 18.1 Å². The number of azo groups is 3. The average Bonchev–Trinajstić information content (AvgIpc) is 3.23. The van der Waals surface area contributed by atoms with Crippen LogP contribution in [0, 0.1) is 27.7 Å². The third-order valence-corrected chi connectivity index (χ3v) is 10.7. The number of nitrogens with zero attached hydrogens (tertiary/aromatic N) is 6. The summed E-state index contributed by atoms with van der Waals surface area (Å²) in [4.78, 5) is -0.259. The van der Waals surface area contributed by atoms with Crippen molar-refractivity contribution in [1.82, 2.24) is 0 Å². The van der Waals surface area contributed by atoms with Crippen molar-refractivity contribution in [3.05, 3.63) is 131 Å². The third-order valence-electron chi connectivity index (χ3n) is 9.81. The number of methoxy groups -OCH3 is 1. The van der Waals surface area contributed by atoms with E-state index in [2.05, 4.69) is 36.0 Å². The number of benzene rings is 7. The predicted octanol–water partition coefficient (Wildman–Crippen LogP) is 14.0. The molecular weight excluding hydrogens is 779 g/mol. The van der Waals surface area contributed by atoms with Gasteiger partial charge in [0.25, 0.3) is 10.1 Å². The standard InChI is InChI=1S/C46H43N7O6S/c1-7-18-59-37-24-32-8-10-35(25-39(32)45(26-37)60(55,56)57)48-50-41-19-28(3)43(20-27(41)2)52-53-44-22-29(4)42(21-30(44)5)51-49-40-17-9-31-23-34(13-16-38(31)46(40)54)47-33-11-14-36(58-6)15-12-33/h8-17,19-26,47,54H,7,18H2,1-6H3,(H,55,56,57). The Morgan fingerprint density at radius 1 is 0.567 bits per heavy atom. The summed E-state index contributed by atoms with van der Waals surface area (Å²) in [6.45, 7) is 9.99. The van der Waals surface area contributed by atoms with E-state index in [-0.39, 0.29) is 10.6 Å². The molecule has 13 nitrogen and oxygen atoms in total. The van der Waals surface area contributed by atoms with Crippen LogP contribution >= 0.6 is 0 Å². The number of hydrogen-bond acceptors (Lipinski definition) is 12. The number of fused-ring (bicyclic) bond motifs is 2. The fraction of sp³-hybridized carbons (Fsp3) is 0.174. The monoisotopic (exact) mass is 821 g/mol. The minimum absolute atomic E-state index is 0.0419. The molecule has 0 saturated carbocycles. The van der Waals surface area contributed by atoms with E-state index in [0.29, 0.717) is 62.6 Å². The van der Waals surface area contributed by atoms with Gasteiger partial charge in [-0.1, -0.05) is 19.1 Å². The Hall–Kier alpha value is -7.03. The summed E-state index contributed by atoms with van der Waals surface area (Å²) < 4.78 is 45.3. The van der Waals surface area contributed by atoms with Crippen LogP contribution < -0.4 is 14.8 Å². The van der Waals surface area contributed by atoms with E-state index < -0.39 is 10.1 Å². The van der Waals surface area contributed by atoms with Crippen molar-refractivity contribution >= 4 is 77.2 Å². The molecule has 0 aromatic heterocycles. The van der Waals surface area contributed by atoms with Crippen LogP contribution in [0.1, 0.15) is 35.6 Å². The molecule has 0 aliphatic rings. The molecule has 0 fully saturated rings. The van der Waals surface area contributed by atoms with E-state index in [1.807, 2.05) is 107 Å². The van der Waals surface area contributed by atoms with Gasteiger partial charge >= 0.3 is 0 Å². The van der Waals surface area contributed by atoms with Crippen molar-refractivity contribution in [2.75, 3.05) is 19.0 Å². The summed E-state index contributed by atoms with van der Waals surface area (Å²) in [5.41, 5.74) is 8.43. The first-order valence-electron chi connectivity index (χ1n) is 19.1. The fourth-order valence-electron chi connectivity index (χ4n) is 6.50. The van der Waals surface area contributed by atoms with Crippen LogP contribution in [0.5, 0.6) is 17.2 Å². The van der Waals surface area contributed by atoms with Gasteiger partial charge in [0.2, 0.25) is 0 Å². The molecule has 7 aromatic rings. The van der Waals surface area contributed by atoms with Gasteiger partial charge in [-0.3, -0.25) is 4.55 Å². The SMILES string of the molecule is CCCOc1cc(S(=O)(=O)O)c2cc(N=Nc3cc(C)c(N=Nc4cc(C)c(N=Nc5ccc6cc(Nc7ccc(OC)cc7)ccc6c5O)cc4C)cc3C)ccc2c1. The van der Waals surface area contributed by atoms with Gasteiger partial charge in [0.1, 0.15) is 22.1 Å². The number of aryl methyl sites for hydroxylation is 4. The summed E-state index contributed by atoms with van der Waals surface area (Å²) in [5.74, 6) is 1.18. The van der Waals surface area contributed by atoms with E-state index in [4.69, 9.17) is 9.47 Å². The average molecular weight is 822 g/mol. The van der Waals surface area contributed by atoms with Gasteiger partial charge in [-0.25, -0.2) is 0 Å². The maximum absolute atomic E-state index is 12.3. The smallest absolute Gasteiger partial charge is 0.295 e. The number of aromatic hydroxyl groups is 1.